The van der Waals surface area contributed by atoms with Gasteiger partial charge in [0.1, 0.15) is 6.33 Å². The Kier molecular flexibility index (Phi) is 5.45. The van der Waals surface area contributed by atoms with E-state index in [1.807, 2.05) is 31.2 Å². The van der Waals surface area contributed by atoms with Crippen LogP contribution in [0.3, 0.4) is 0 Å². The van der Waals surface area contributed by atoms with E-state index >= 15 is 0 Å². The molecule has 0 spiro atoms. The largest absolute Gasteiger partial charge is 0.349 e. The molecule has 1 heterocycles. The van der Waals surface area contributed by atoms with Gasteiger partial charge in [0.2, 0.25) is 0 Å². The van der Waals surface area contributed by atoms with E-state index in [0.29, 0.717) is 16.3 Å². The van der Waals surface area contributed by atoms with E-state index in [2.05, 4.69) is 36.8 Å². The molecule has 0 aliphatic carbocycles. The Morgan fingerprint density at radius 3 is 2.72 bits per heavy atom. The molecule has 1 aromatic heterocycles. The molecule has 1 unspecified atom stereocenters. The molecular formula is C17H15BrClN5O. The third-order valence-corrected chi connectivity index (χ3v) is 4.40. The number of rotatable bonds is 5. The molecule has 0 fully saturated rings. The molecule has 8 heteroatoms. The second kappa shape index (κ2) is 7.76. The molecule has 6 nitrogen and oxygen atoms in total. The number of hydrogen-bond acceptors (Lipinski definition) is 4. The summed E-state index contributed by atoms with van der Waals surface area (Å²) in [4.78, 5) is 12.7. The van der Waals surface area contributed by atoms with Crippen LogP contribution in [0.2, 0.25) is 5.02 Å². The third-order valence-electron chi connectivity index (χ3n) is 3.63. The van der Waals surface area contributed by atoms with Crippen molar-refractivity contribution in [3.63, 3.8) is 0 Å². The first-order chi connectivity index (χ1) is 12.0. The van der Waals surface area contributed by atoms with Gasteiger partial charge in [0.15, 0.2) is 0 Å². The van der Waals surface area contributed by atoms with Gasteiger partial charge in [-0.05, 0) is 59.7 Å². The van der Waals surface area contributed by atoms with Crippen molar-refractivity contribution < 1.29 is 4.79 Å². The van der Waals surface area contributed by atoms with Crippen molar-refractivity contribution in [3.8, 4) is 5.69 Å². The quantitative estimate of drug-likeness (QED) is 0.686. The summed E-state index contributed by atoms with van der Waals surface area (Å²) in [5.41, 5.74) is 2.13. The van der Waals surface area contributed by atoms with Gasteiger partial charge < -0.3 is 5.32 Å². The Bertz CT molecular complexity index is 867. The van der Waals surface area contributed by atoms with Gasteiger partial charge in [0.25, 0.3) is 5.91 Å². The molecule has 0 saturated carbocycles. The van der Waals surface area contributed by atoms with Crippen molar-refractivity contribution in [1.29, 1.82) is 0 Å². The van der Waals surface area contributed by atoms with Gasteiger partial charge in [-0.1, -0.05) is 39.7 Å². The first kappa shape index (κ1) is 17.6. The van der Waals surface area contributed by atoms with Gasteiger partial charge in [-0.15, -0.1) is 5.10 Å². The maximum atomic E-state index is 12.7. The number of benzene rings is 2. The number of hydrogen-bond donors (Lipinski definition) is 1. The van der Waals surface area contributed by atoms with Crippen LogP contribution < -0.4 is 5.32 Å². The van der Waals surface area contributed by atoms with Crippen molar-refractivity contribution in [2.75, 3.05) is 0 Å². The van der Waals surface area contributed by atoms with Crippen LogP contribution in [0, 0.1) is 0 Å². The second-order valence-corrected chi connectivity index (χ2v) is 6.97. The lowest BCUT2D eigenvalue weighted by Gasteiger charge is -2.16. The van der Waals surface area contributed by atoms with Gasteiger partial charge in [-0.2, -0.15) is 4.68 Å². The number of nitrogens with one attached hydrogen (secondary N) is 1. The highest BCUT2D eigenvalue weighted by Gasteiger charge is 2.16. The zero-order valence-corrected chi connectivity index (χ0v) is 15.7. The number of carbonyl (C=O) groups excluding carboxylic acids is 1. The minimum atomic E-state index is -0.224. The number of nitrogens with zero attached hydrogens (tertiary/aromatic N) is 4. The molecule has 0 aliphatic heterocycles. The number of tetrazole rings is 1. The minimum Gasteiger partial charge on any atom is -0.349 e. The standard InChI is InChI=1S/C17H15BrClN5O/c1-11(8-12-2-4-13(18)5-3-12)21-17(25)15-9-14(19)6-7-16(15)24-10-20-22-23-24/h2-7,9-11H,8H2,1H3,(H,21,25). The molecule has 0 radical (unpaired) electrons. The van der Waals surface area contributed by atoms with Crippen LogP contribution in [0.25, 0.3) is 5.69 Å². The fourth-order valence-corrected chi connectivity index (χ4v) is 2.92. The van der Waals surface area contributed by atoms with Crippen LogP contribution in [0.1, 0.15) is 22.8 Å². The Balaban J connectivity index is 1.76. The van der Waals surface area contributed by atoms with Gasteiger partial charge in [0, 0.05) is 15.5 Å². The first-order valence-electron chi connectivity index (χ1n) is 7.61. The van der Waals surface area contributed by atoms with Crippen LogP contribution in [0.15, 0.2) is 53.3 Å². The van der Waals surface area contributed by atoms with Crippen LogP contribution >= 0.6 is 27.5 Å². The van der Waals surface area contributed by atoms with Crippen molar-refractivity contribution in [2.45, 2.75) is 19.4 Å². The summed E-state index contributed by atoms with van der Waals surface area (Å²) in [5, 5.41) is 14.5. The summed E-state index contributed by atoms with van der Waals surface area (Å²) in [6.07, 6.45) is 2.16. The van der Waals surface area contributed by atoms with E-state index in [9.17, 15) is 4.79 Å². The van der Waals surface area contributed by atoms with Gasteiger partial charge in [-0.3, -0.25) is 4.79 Å². The van der Waals surface area contributed by atoms with E-state index in [0.717, 1.165) is 16.5 Å². The van der Waals surface area contributed by atoms with E-state index in [4.69, 9.17) is 11.6 Å². The molecule has 3 aromatic rings. The first-order valence-corrected chi connectivity index (χ1v) is 8.78. The van der Waals surface area contributed by atoms with Crippen molar-refractivity contribution in [1.82, 2.24) is 25.5 Å². The average molecular weight is 421 g/mol. The molecule has 128 valence electrons. The molecule has 2 aromatic carbocycles. The van der Waals surface area contributed by atoms with Gasteiger partial charge >= 0.3 is 0 Å². The third kappa shape index (κ3) is 4.43. The summed E-state index contributed by atoms with van der Waals surface area (Å²) in [6.45, 7) is 1.96. The van der Waals surface area contributed by atoms with Gasteiger partial charge in [0.05, 0.1) is 11.3 Å². The minimum absolute atomic E-state index is 0.0469. The lowest BCUT2D eigenvalue weighted by atomic mass is 10.1. The molecule has 0 saturated heterocycles. The maximum Gasteiger partial charge on any atom is 0.253 e. The molecule has 25 heavy (non-hydrogen) atoms. The highest BCUT2D eigenvalue weighted by molar-refractivity contribution is 9.10. The van der Waals surface area contributed by atoms with Crippen LogP contribution in [0.4, 0.5) is 0 Å². The summed E-state index contributed by atoms with van der Waals surface area (Å²) in [5.74, 6) is -0.224. The highest BCUT2D eigenvalue weighted by atomic mass is 79.9. The van der Waals surface area contributed by atoms with E-state index in [1.54, 1.807) is 18.2 Å². The molecule has 0 bridgehead atoms. The molecule has 1 amide bonds. The summed E-state index contributed by atoms with van der Waals surface area (Å²) in [7, 11) is 0. The number of halogens is 2. The van der Waals surface area contributed by atoms with Crippen molar-refractivity contribution in [2.24, 2.45) is 0 Å². The van der Waals surface area contributed by atoms with Crippen LogP contribution in [0.5, 0.6) is 0 Å². The average Bonchev–Trinajstić information content (AvgIpc) is 3.11. The molecule has 0 aliphatic rings. The number of amides is 1. The Hall–Kier alpha value is -2.25. The smallest absolute Gasteiger partial charge is 0.253 e. The maximum absolute atomic E-state index is 12.7. The summed E-state index contributed by atoms with van der Waals surface area (Å²) in [6, 6.07) is 13.0. The monoisotopic (exact) mass is 419 g/mol. The SMILES string of the molecule is CC(Cc1ccc(Br)cc1)NC(=O)c1cc(Cl)ccc1-n1cnnn1. The van der Waals surface area contributed by atoms with E-state index in [-0.39, 0.29) is 11.9 Å². The fraction of sp³-hybridized carbons (Fsp3) is 0.176. The van der Waals surface area contributed by atoms with Crippen molar-refractivity contribution >= 4 is 33.4 Å². The number of carbonyl (C=O) groups is 1. The Morgan fingerprint density at radius 2 is 2.04 bits per heavy atom. The number of aromatic nitrogens is 4. The molecule has 1 N–H and O–H groups in total. The Labute approximate surface area is 158 Å². The highest BCUT2D eigenvalue weighted by Crippen LogP contribution is 2.19. The summed E-state index contributed by atoms with van der Waals surface area (Å²) >= 11 is 9.47. The zero-order valence-electron chi connectivity index (χ0n) is 13.4. The van der Waals surface area contributed by atoms with Gasteiger partial charge in [-0.25, -0.2) is 0 Å². The lowest BCUT2D eigenvalue weighted by molar-refractivity contribution is 0.0940. The molecular weight excluding hydrogens is 406 g/mol. The molecule has 1 atom stereocenters. The van der Waals surface area contributed by atoms with Crippen molar-refractivity contribution in [3.05, 3.63) is 69.4 Å². The fourth-order valence-electron chi connectivity index (χ4n) is 2.49. The van der Waals surface area contributed by atoms with Crippen LogP contribution in [-0.4, -0.2) is 32.2 Å². The lowest BCUT2D eigenvalue weighted by Crippen LogP contribution is -2.34. The Morgan fingerprint density at radius 1 is 1.28 bits per heavy atom. The molecule has 3 rings (SSSR count). The second-order valence-electron chi connectivity index (χ2n) is 5.62. The summed E-state index contributed by atoms with van der Waals surface area (Å²) < 4.78 is 2.46. The predicted molar refractivity (Wildman–Crippen MR) is 98.9 cm³/mol. The van der Waals surface area contributed by atoms with Crippen LogP contribution in [-0.2, 0) is 6.42 Å². The van der Waals surface area contributed by atoms with E-state index < -0.39 is 0 Å². The van der Waals surface area contributed by atoms with E-state index in [1.165, 1.54) is 11.0 Å². The zero-order chi connectivity index (χ0) is 17.8. The topological polar surface area (TPSA) is 72.7 Å². The predicted octanol–water partition coefficient (Wildman–Crippen LogP) is 3.44. The normalized spacial score (nSPS) is 12.0.